The Hall–Kier alpha value is -3.73. The van der Waals surface area contributed by atoms with Crippen molar-refractivity contribution in [2.24, 2.45) is 5.92 Å². The first-order valence-corrected chi connectivity index (χ1v) is 10.3. The molecule has 0 saturated carbocycles. The summed E-state index contributed by atoms with van der Waals surface area (Å²) in [6.45, 7) is 1.02. The van der Waals surface area contributed by atoms with Gasteiger partial charge in [0.15, 0.2) is 12.4 Å². The van der Waals surface area contributed by atoms with Crippen LogP contribution in [-0.4, -0.2) is 42.3 Å². The van der Waals surface area contributed by atoms with Crippen molar-refractivity contribution in [1.29, 1.82) is 5.26 Å². The lowest BCUT2D eigenvalue weighted by molar-refractivity contribution is -0.148. The van der Waals surface area contributed by atoms with Crippen molar-refractivity contribution in [3.8, 4) is 6.07 Å². The van der Waals surface area contributed by atoms with Gasteiger partial charge >= 0.3 is 5.97 Å². The number of Topliss-reactive ketones (excluding diaryl/α,β-unsaturated/α-hetero) is 1. The standard InChI is InChI=1S/C23H22N4O4/c24-12-15-1-5-21(25-13-15)27-9-7-16(8-10-27)23(30)31-14-20(28)18-2-4-19-17(11-18)3-6-22(29)26-19/h1-2,4-5,11,13,16H,3,6-10,14H2,(H,26,29). The molecular formula is C23H22N4O4. The molecule has 2 aliphatic heterocycles. The van der Waals surface area contributed by atoms with E-state index in [0.29, 0.717) is 49.9 Å². The second-order valence-electron chi connectivity index (χ2n) is 7.73. The molecule has 1 fully saturated rings. The first kappa shape index (κ1) is 20.5. The zero-order valence-corrected chi connectivity index (χ0v) is 17.0. The smallest absolute Gasteiger partial charge is 0.309 e. The molecule has 3 heterocycles. The largest absolute Gasteiger partial charge is 0.457 e. The molecule has 0 atom stereocenters. The zero-order valence-electron chi connectivity index (χ0n) is 17.0. The normalized spacial score (nSPS) is 16.1. The Morgan fingerprint density at radius 2 is 2.00 bits per heavy atom. The molecule has 2 aromatic rings. The van der Waals surface area contributed by atoms with E-state index < -0.39 is 0 Å². The van der Waals surface area contributed by atoms with Crippen molar-refractivity contribution in [3.05, 3.63) is 53.2 Å². The Morgan fingerprint density at radius 3 is 2.71 bits per heavy atom. The van der Waals surface area contributed by atoms with E-state index in [9.17, 15) is 14.4 Å². The number of nitrogens with one attached hydrogen (secondary N) is 1. The number of anilines is 2. The van der Waals surface area contributed by atoms with Gasteiger partial charge in [-0.05, 0) is 55.2 Å². The van der Waals surface area contributed by atoms with Crippen LogP contribution in [0.15, 0.2) is 36.5 Å². The van der Waals surface area contributed by atoms with E-state index in [1.54, 1.807) is 30.3 Å². The Kier molecular flexibility index (Phi) is 5.94. The van der Waals surface area contributed by atoms with Crippen LogP contribution in [0.2, 0.25) is 0 Å². The first-order valence-electron chi connectivity index (χ1n) is 10.3. The molecule has 2 aliphatic rings. The highest BCUT2D eigenvalue weighted by atomic mass is 16.5. The van der Waals surface area contributed by atoms with E-state index in [2.05, 4.69) is 15.2 Å². The molecule has 1 aromatic carbocycles. The quantitative estimate of drug-likeness (QED) is 0.586. The monoisotopic (exact) mass is 418 g/mol. The van der Waals surface area contributed by atoms with Crippen LogP contribution < -0.4 is 10.2 Å². The molecule has 8 heteroatoms. The van der Waals surface area contributed by atoms with Gasteiger partial charge in [0.05, 0.1) is 11.5 Å². The van der Waals surface area contributed by atoms with E-state index in [1.807, 2.05) is 6.07 Å². The number of hydrogen-bond acceptors (Lipinski definition) is 7. The summed E-state index contributed by atoms with van der Waals surface area (Å²) in [7, 11) is 0. The number of ketones is 1. The van der Waals surface area contributed by atoms with E-state index in [4.69, 9.17) is 10.00 Å². The van der Waals surface area contributed by atoms with Gasteiger partial charge in [-0.2, -0.15) is 5.26 Å². The number of hydrogen-bond donors (Lipinski definition) is 1. The number of aryl methyl sites for hydroxylation is 1. The van der Waals surface area contributed by atoms with E-state index in [0.717, 1.165) is 17.1 Å². The summed E-state index contributed by atoms with van der Waals surface area (Å²) < 4.78 is 5.30. The molecule has 1 saturated heterocycles. The van der Waals surface area contributed by atoms with Gasteiger partial charge in [-0.15, -0.1) is 0 Å². The third-order valence-electron chi connectivity index (χ3n) is 5.70. The molecular weight excluding hydrogens is 396 g/mol. The highest BCUT2D eigenvalue weighted by molar-refractivity contribution is 6.00. The molecule has 0 bridgehead atoms. The van der Waals surface area contributed by atoms with E-state index in [1.165, 1.54) is 6.20 Å². The predicted octanol–water partition coefficient (Wildman–Crippen LogP) is 2.48. The number of benzene rings is 1. The van der Waals surface area contributed by atoms with Crippen LogP contribution in [0.1, 0.15) is 40.7 Å². The number of carbonyl (C=O) groups is 3. The lowest BCUT2D eigenvalue weighted by Crippen LogP contribution is -2.37. The molecule has 1 N–H and O–H groups in total. The molecule has 0 aliphatic carbocycles. The van der Waals surface area contributed by atoms with Gasteiger partial charge in [-0.3, -0.25) is 14.4 Å². The number of carbonyl (C=O) groups excluding carboxylic acids is 3. The number of fused-ring (bicyclic) bond motifs is 1. The minimum absolute atomic E-state index is 0.0264. The van der Waals surface area contributed by atoms with Gasteiger partial charge in [0.2, 0.25) is 5.91 Å². The minimum atomic E-state index is -0.356. The second-order valence-corrected chi connectivity index (χ2v) is 7.73. The Bertz CT molecular complexity index is 1050. The summed E-state index contributed by atoms with van der Waals surface area (Å²) in [6.07, 6.45) is 3.77. The Morgan fingerprint density at radius 1 is 1.19 bits per heavy atom. The number of esters is 1. The average molecular weight is 418 g/mol. The van der Waals surface area contributed by atoms with Crippen molar-refractivity contribution < 1.29 is 19.1 Å². The third kappa shape index (κ3) is 4.72. The molecule has 0 radical (unpaired) electrons. The highest BCUT2D eigenvalue weighted by Crippen LogP contribution is 2.25. The molecule has 4 rings (SSSR count). The number of piperidine rings is 1. The lowest BCUT2D eigenvalue weighted by atomic mass is 9.97. The number of nitriles is 1. The number of ether oxygens (including phenoxy) is 1. The zero-order chi connectivity index (χ0) is 21.8. The highest BCUT2D eigenvalue weighted by Gasteiger charge is 2.27. The third-order valence-corrected chi connectivity index (χ3v) is 5.70. The maximum absolute atomic E-state index is 12.5. The van der Waals surface area contributed by atoms with Crippen molar-refractivity contribution in [2.45, 2.75) is 25.7 Å². The van der Waals surface area contributed by atoms with Gasteiger partial charge < -0.3 is 15.0 Å². The lowest BCUT2D eigenvalue weighted by Gasteiger charge is -2.31. The number of amides is 1. The van der Waals surface area contributed by atoms with Gasteiger partial charge in [-0.1, -0.05) is 0 Å². The number of rotatable bonds is 5. The SMILES string of the molecule is N#Cc1ccc(N2CCC(C(=O)OCC(=O)c3ccc4c(c3)CCC(=O)N4)CC2)nc1. The summed E-state index contributed by atoms with van der Waals surface area (Å²) in [5.41, 5.74) is 2.63. The van der Waals surface area contributed by atoms with Crippen molar-refractivity contribution >= 4 is 29.2 Å². The van der Waals surface area contributed by atoms with Crippen molar-refractivity contribution in [2.75, 3.05) is 29.9 Å². The summed E-state index contributed by atoms with van der Waals surface area (Å²) in [4.78, 5) is 42.7. The van der Waals surface area contributed by atoms with Crippen molar-refractivity contribution in [3.63, 3.8) is 0 Å². The summed E-state index contributed by atoms with van der Waals surface area (Å²) >= 11 is 0. The van der Waals surface area contributed by atoms with E-state index in [-0.39, 0.29) is 30.2 Å². The van der Waals surface area contributed by atoms with Gasteiger partial charge in [0.25, 0.3) is 0 Å². The van der Waals surface area contributed by atoms with Crippen LogP contribution in [0.3, 0.4) is 0 Å². The van der Waals surface area contributed by atoms with Crippen LogP contribution in [-0.2, 0) is 20.7 Å². The van der Waals surface area contributed by atoms with Gasteiger partial charge in [-0.25, -0.2) is 4.98 Å². The molecule has 8 nitrogen and oxygen atoms in total. The molecule has 158 valence electrons. The molecule has 1 amide bonds. The predicted molar refractivity (Wildman–Crippen MR) is 113 cm³/mol. The van der Waals surface area contributed by atoms with Crippen LogP contribution >= 0.6 is 0 Å². The fourth-order valence-electron chi connectivity index (χ4n) is 3.88. The fourth-order valence-corrected chi connectivity index (χ4v) is 3.88. The Labute approximate surface area is 179 Å². The second kappa shape index (κ2) is 8.96. The van der Waals surface area contributed by atoms with Gasteiger partial charge in [0, 0.05) is 37.0 Å². The minimum Gasteiger partial charge on any atom is -0.457 e. The van der Waals surface area contributed by atoms with E-state index >= 15 is 0 Å². The molecule has 1 aromatic heterocycles. The molecule has 0 unspecified atom stereocenters. The maximum Gasteiger partial charge on any atom is 0.309 e. The number of nitrogens with zero attached hydrogens (tertiary/aromatic N) is 3. The van der Waals surface area contributed by atoms with Crippen LogP contribution in [0.25, 0.3) is 0 Å². The van der Waals surface area contributed by atoms with Crippen LogP contribution in [0.4, 0.5) is 11.5 Å². The number of pyridine rings is 1. The van der Waals surface area contributed by atoms with Crippen molar-refractivity contribution in [1.82, 2.24) is 4.98 Å². The topological polar surface area (TPSA) is 112 Å². The summed E-state index contributed by atoms with van der Waals surface area (Å²) in [5.74, 6) is -0.106. The molecule has 0 spiro atoms. The average Bonchev–Trinajstić information content (AvgIpc) is 2.82. The molecule has 31 heavy (non-hydrogen) atoms. The first-order chi connectivity index (χ1) is 15.0. The van der Waals surface area contributed by atoms with Gasteiger partial charge in [0.1, 0.15) is 11.9 Å². The van der Waals surface area contributed by atoms with Crippen LogP contribution in [0.5, 0.6) is 0 Å². The maximum atomic E-state index is 12.5. The fraction of sp³-hybridized carbons (Fsp3) is 0.348. The van der Waals surface area contributed by atoms with Crippen LogP contribution in [0, 0.1) is 17.2 Å². The Balaban J connectivity index is 1.27. The summed E-state index contributed by atoms with van der Waals surface area (Å²) in [6, 6.07) is 10.7. The number of aromatic nitrogens is 1. The summed E-state index contributed by atoms with van der Waals surface area (Å²) in [5, 5.41) is 11.6.